The van der Waals surface area contributed by atoms with Crippen LogP contribution in [0.15, 0.2) is 18.2 Å². The number of ether oxygens (including phenoxy) is 1. The highest BCUT2D eigenvalue weighted by atomic mass is 35.5. The van der Waals surface area contributed by atoms with Gasteiger partial charge in [0.2, 0.25) is 0 Å². The number of rotatable bonds is 7. The fraction of sp³-hybridized carbons (Fsp3) is 0.500. The molecule has 0 atom stereocenters. The Kier molecular flexibility index (Phi) is 6.67. The molecule has 4 nitrogen and oxygen atoms in total. The molecule has 0 saturated heterocycles. The van der Waals surface area contributed by atoms with Crippen LogP contribution in [-0.2, 0) is 4.74 Å². The van der Waals surface area contributed by atoms with Crippen molar-refractivity contribution in [3.63, 3.8) is 0 Å². The van der Waals surface area contributed by atoms with Gasteiger partial charge in [0.05, 0.1) is 16.8 Å². The monoisotopic (exact) mass is 284 g/mol. The Bertz CT molecular complexity index is 422. The van der Waals surface area contributed by atoms with Crippen LogP contribution in [0.3, 0.4) is 0 Å². The van der Waals surface area contributed by atoms with Gasteiger partial charge in [-0.2, -0.15) is 0 Å². The Hall–Kier alpha value is -1.26. The first-order valence-corrected chi connectivity index (χ1v) is 6.83. The van der Waals surface area contributed by atoms with E-state index in [0.29, 0.717) is 22.8 Å². The van der Waals surface area contributed by atoms with E-state index in [1.54, 1.807) is 18.2 Å². The molecule has 0 saturated carbocycles. The smallest absolute Gasteiger partial charge is 0.251 e. The van der Waals surface area contributed by atoms with Crippen molar-refractivity contribution in [2.45, 2.75) is 32.8 Å². The quantitative estimate of drug-likeness (QED) is 0.598. The van der Waals surface area contributed by atoms with E-state index in [1.807, 2.05) is 13.8 Å². The molecular weight excluding hydrogens is 264 g/mol. The van der Waals surface area contributed by atoms with Gasteiger partial charge in [-0.25, -0.2) is 0 Å². The summed E-state index contributed by atoms with van der Waals surface area (Å²) < 4.78 is 5.42. The van der Waals surface area contributed by atoms with E-state index < -0.39 is 0 Å². The largest absolute Gasteiger partial charge is 0.398 e. The van der Waals surface area contributed by atoms with E-state index in [1.165, 1.54) is 0 Å². The summed E-state index contributed by atoms with van der Waals surface area (Å²) in [6, 6.07) is 4.88. The minimum atomic E-state index is -0.133. The van der Waals surface area contributed by atoms with E-state index in [0.717, 1.165) is 19.4 Å². The number of hydrogen-bond acceptors (Lipinski definition) is 3. The summed E-state index contributed by atoms with van der Waals surface area (Å²) in [5.74, 6) is -0.133. The van der Waals surface area contributed by atoms with Gasteiger partial charge in [0.15, 0.2) is 0 Å². The van der Waals surface area contributed by atoms with Gasteiger partial charge in [-0.1, -0.05) is 11.6 Å². The molecule has 0 aliphatic carbocycles. The van der Waals surface area contributed by atoms with Crippen molar-refractivity contribution in [1.29, 1.82) is 0 Å². The minimum absolute atomic E-state index is 0.133. The third kappa shape index (κ3) is 5.94. The average Bonchev–Trinajstić information content (AvgIpc) is 2.36. The Balaban J connectivity index is 2.26. The first-order chi connectivity index (χ1) is 9.00. The lowest BCUT2D eigenvalue weighted by atomic mass is 10.2. The van der Waals surface area contributed by atoms with Crippen molar-refractivity contribution in [1.82, 2.24) is 5.32 Å². The highest BCUT2D eigenvalue weighted by molar-refractivity contribution is 6.33. The lowest BCUT2D eigenvalue weighted by Crippen LogP contribution is -2.24. The van der Waals surface area contributed by atoms with Crippen LogP contribution in [0.4, 0.5) is 5.69 Å². The highest BCUT2D eigenvalue weighted by Gasteiger charge is 2.06. The van der Waals surface area contributed by atoms with Crippen molar-refractivity contribution in [3.05, 3.63) is 28.8 Å². The number of carbonyl (C=O) groups is 1. The van der Waals surface area contributed by atoms with E-state index in [-0.39, 0.29) is 12.0 Å². The second-order valence-corrected chi connectivity index (χ2v) is 5.03. The molecule has 1 aromatic rings. The van der Waals surface area contributed by atoms with Crippen LogP contribution in [0.5, 0.6) is 0 Å². The van der Waals surface area contributed by atoms with E-state index in [2.05, 4.69) is 5.32 Å². The summed E-state index contributed by atoms with van der Waals surface area (Å²) >= 11 is 5.87. The molecule has 1 rings (SSSR count). The second kappa shape index (κ2) is 8.02. The number of nitrogens with two attached hydrogens (primary N) is 1. The van der Waals surface area contributed by atoms with Gasteiger partial charge in [0.25, 0.3) is 5.91 Å². The summed E-state index contributed by atoms with van der Waals surface area (Å²) in [4.78, 5) is 11.8. The molecule has 3 N–H and O–H groups in total. The average molecular weight is 285 g/mol. The van der Waals surface area contributed by atoms with Gasteiger partial charge in [-0.3, -0.25) is 4.79 Å². The normalized spacial score (nSPS) is 10.7. The fourth-order valence-electron chi connectivity index (χ4n) is 1.52. The van der Waals surface area contributed by atoms with Gasteiger partial charge in [0, 0.05) is 18.7 Å². The molecule has 0 fully saturated rings. The number of halogens is 1. The van der Waals surface area contributed by atoms with Crippen LogP contribution in [0.2, 0.25) is 5.02 Å². The summed E-state index contributed by atoms with van der Waals surface area (Å²) in [5.41, 5.74) is 6.59. The first kappa shape index (κ1) is 15.8. The molecule has 1 amide bonds. The number of hydrogen-bond donors (Lipinski definition) is 2. The van der Waals surface area contributed by atoms with Crippen molar-refractivity contribution in [2.24, 2.45) is 0 Å². The molecular formula is C14H21ClN2O2. The first-order valence-electron chi connectivity index (χ1n) is 6.45. The molecule has 0 aromatic heterocycles. The van der Waals surface area contributed by atoms with Crippen molar-refractivity contribution in [3.8, 4) is 0 Å². The third-order valence-corrected chi connectivity index (χ3v) is 2.90. The van der Waals surface area contributed by atoms with Crippen molar-refractivity contribution in [2.75, 3.05) is 18.9 Å². The van der Waals surface area contributed by atoms with Gasteiger partial charge < -0.3 is 15.8 Å². The molecule has 0 spiro atoms. The van der Waals surface area contributed by atoms with Crippen LogP contribution in [0.25, 0.3) is 0 Å². The number of benzene rings is 1. The van der Waals surface area contributed by atoms with Crippen LogP contribution in [0, 0.1) is 0 Å². The molecule has 0 aliphatic rings. The summed E-state index contributed by atoms with van der Waals surface area (Å²) in [5, 5.41) is 3.24. The van der Waals surface area contributed by atoms with Crippen molar-refractivity contribution >= 4 is 23.2 Å². The maximum absolute atomic E-state index is 11.8. The van der Waals surface area contributed by atoms with E-state index in [4.69, 9.17) is 22.1 Å². The number of nitrogens with one attached hydrogen (secondary N) is 1. The molecule has 0 radical (unpaired) electrons. The van der Waals surface area contributed by atoms with Crippen molar-refractivity contribution < 1.29 is 9.53 Å². The molecule has 19 heavy (non-hydrogen) atoms. The SMILES string of the molecule is CC(C)OCCCCNC(=O)c1ccc(N)c(Cl)c1. The molecule has 5 heteroatoms. The summed E-state index contributed by atoms with van der Waals surface area (Å²) in [6.07, 6.45) is 2.08. The Morgan fingerprint density at radius 3 is 2.79 bits per heavy atom. The third-order valence-electron chi connectivity index (χ3n) is 2.57. The fourth-order valence-corrected chi connectivity index (χ4v) is 1.70. The van der Waals surface area contributed by atoms with Crippen LogP contribution in [-0.4, -0.2) is 25.2 Å². The Morgan fingerprint density at radius 2 is 2.16 bits per heavy atom. The molecule has 0 heterocycles. The topological polar surface area (TPSA) is 64.3 Å². The zero-order valence-electron chi connectivity index (χ0n) is 11.4. The number of anilines is 1. The molecule has 0 aliphatic heterocycles. The van der Waals surface area contributed by atoms with Gasteiger partial charge in [-0.15, -0.1) is 0 Å². The van der Waals surface area contributed by atoms with Gasteiger partial charge >= 0.3 is 0 Å². The summed E-state index contributed by atoms with van der Waals surface area (Å²) in [6.45, 7) is 5.36. The van der Waals surface area contributed by atoms with Gasteiger partial charge in [-0.05, 0) is 44.9 Å². The maximum atomic E-state index is 11.8. The number of amides is 1. The van der Waals surface area contributed by atoms with Crippen LogP contribution in [0.1, 0.15) is 37.0 Å². The van der Waals surface area contributed by atoms with E-state index in [9.17, 15) is 4.79 Å². The highest BCUT2D eigenvalue weighted by Crippen LogP contribution is 2.19. The zero-order chi connectivity index (χ0) is 14.3. The number of carbonyl (C=O) groups excluding carboxylic acids is 1. The van der Waals surface area contributed by atoms with Crippen LogP contribution >= 0.6 is 11.6 Å². The predicted octanol–water partition coefficient (Wildman–Crippen LogP) is 2.86. The molecule has 0 unspecified atom stereocenters. The lowest BCUT2D eigenvalue weighted by Gasteiger charge is -2.08. The predicted molar refractivity (Wildman–Crippen MR) is 78.5 cm³/mol. The number of nitrogen functional groups attached to an aromatic ring is 1. The lowest BCUT2D eigenvalue weighted by molar-refractivity contribution is 0.0754. The summed E-state index contributed by atoms with van der Waals surface area (Å²) in [7, 11) is 0. The van der Waals surface area contributed by atoms with E-state index >= 15 is 0 Å². The standard InChI is InChI=1S/C14H21ClN2O2/c1-10(2)19-8-4-3-7-17-14(18)11-5-6-13(16)12(15)9-11/h5-6,9-10H,3-4,7-8,16H2,1-2H3,(H,17,18). The van der Waals surface area contributed by atoms with Crippen LogP contribution < -0.4 is 11.1 Å². The molecule has 0 bridgehead atoms. The molecule has 106 valence electrons. The Morgan fingerprint density at radius 1 is 1.42 bits per heavy atom. The second-order valence-electron chi connectivity index (χ2n) is 4.62. The maximum Gasteiger partial charge on any atom is 0.251 e. The Labute approximate surface area is 119 Å². The minimum Gasteiger partial charge on any atom is -0.398 e. The number of unbranched alkanes of at least 4 members (excludes halogenated alkanes) is 1. The van der Waals surface area contributed by atoms with Gasteiger partial charge in [0.1, 0.15) is 0 Å². The molecule has 1 aromatic carbocycles. The zero-order valence-corrected chi connectivity index (χ0v) is 12.2.